The third-order valence-corrected chi connectivity index (χ3v) is 4.79. The molecule has 1 amide bonds. The van der Waals surface area contributed by atoms with Gasteiger partial charge >= 0.3 is 0 Å². The van der Waals surface area contributed by atoms with E-state index >= 15 is 0 Å². The van der Waals surface area contributed by atoms with E-state index in [1.54, 1.807) is 26.4 Å². The Morgan fingerprint density at radius 2 is 1.82 bits per heavy atom. The molecule has 1 N–H and O–H groups in total. The summed E-state index contributed by atoms with van der Waals surface area (Å²) in [4.78, 5) is 16.5. The molecule has 3 aromatic rings. The summed E-state index contributed by atoms with van der Waals surface area (Å²) in [5, 5.41) is 3.11. The predicted octanol–water partition coefficient (Wildman–Crippen LogP) is 3.86. The Morgan fingerprint density at radius 1 is 1.04 bits per heavy atom. The SMILES string of the molecule is COc1ccc(-c2nsc(NC(=O)COc3ccc(C)c(C)c3)n2)cc1OC. The van der Waals surface area contributed by atoms with E-state index in [0.29, 0.717) is 28.2 Å². The Labute approximate surface area is 167 Å². The highest BCUT2D eigenvalue weighted by Crippen LogP contribution is 2.32. The molecule has 7 nitrogen and oxygen atoms in total. The molecule has 0 saturated carbocycles. The highest BCUT2D eigenvalue weighted by molar-refractivity contribution is 7.10. The molecule has 0 spiro atoms. The summed E-state index contributed by atoms with van der Waals surface area (Å²) in [6.45, 7) is 3.92. The second-order valence-electron chi connectivity index (χ2n) is 6.08. The van der Waals surface area contributed by atoms with Crippen LogP contribution in [0.25, 0.3) is 11.4 Å². The molecule has 2 aromatic carbocycles. The van der Waals surface area contributed by atoms with Crippen LogP contribution in [0.4, 0.5) is 5.13 Å². The predicted molar refractivity (Wildman–Crippen MR) is 108 cm³/mol. The molecule has 0 atom stereocenters. The lowest BCUT2D eigenvalue weighted by Gasteiger charge is -2.08. The summed E-state index contributed by atoms with van der Waals surface area (Å²) in [6, 6.07) is 11.1. The average Bonchev–Trinajstić information content (AvgIpc) is 3.16. The fraction of sp³-hybridized carbons (Fsp3) is 0.250. The number of anilines is 1. The molecule has 0 unspecified atom stereocenters. The first-order valence-corrected chi connectivity index (χ1v) is 9.33. The zero-order chi connectivity index (χ0) is 20.1. The van der Waals surface area contributed by atoms with Gasteiger partial charge in [0.2, 0.25) is 5.13 Å². The van der Waals surface area contributed by atoms with Crippen molar-refractivity contribution in [3.8, 4) is 28.6 Å². The molecule has 146 valence electrons. The van der Waals surface area contributed by atoms with Crippen LogP contribution in [0.2, 0.25) is 0 Å². The van der Waals surface area contributed by atoms with Crippen molar-refractivity contribution in [2.45, 2.75) is 13.8 Å². The molecular formula is C20H21N3O4S. The minimum Gasteiger partial charge on any atom is -0.493 e. The van der Waals surface area contributed by atoms with E-state index in [1.807, 2.05) is 38.1 Å². The van der Waals surface area contributed by atoms with Crippen molar-refractivity contribution in [2.75, 3.05) is 26.1 Å². The molecule has 0 aliphatic heterocycles. The van der Waals surface area contributed by atoms with E-state index in [-0.39, 0.29) is 12.5 Å². The fourth-order valence-electron chi connectivity index (χ4n) is 2.47. The van der Waals surface area contributed by atoms with Crippen molar-refractivity contribution in [1.29, 1.82) is 0 Å². The highest BCUT2D eigenvalue weighted by atomic mass is 32.1. The van der Waals surface area contributed by atoms with Crippen LogP contribution in [-0.2, 0) is 4.79 Å². The first kappa shape index (κ1) is 19.6. The van der Waals surface area contributed by atoms with Crippen LogP contribution in [0.5, 0.6) is 17.2 Å². The molecule has 0 radical (unpaired) electrons. The number of nitrogens with one attached hydrogen (secondary N) is 1. The third kappa shape index (κ3) is 4.58. The molecule has 0 aliphatic rings. The van der Waals surface area contributed by atoms with E-state index in [9.17, 15) is 4.79 Å². The van der Waals surface area contributed by atoms with Crippen molar-refractivity contribution in [3.05, 3.63) is 47.5 Å². The van der Waals surface area contributed by atoms with E-state index in [1.165, 1.54) is 5.56 Å². The standard InChI is InChI=1S/C20H21N3O4S/c1-12-5-7-15(9-13(12)2)27-11-18(24)21-20-22-19(23-28-20)14-6-8-16(25-3)17(10-14)26-4/h5-10H,11H2,1-4H3,(H,21,22,23,24). The zero-order valence-electron chi connectivity index (χ0n) is 16.1. The maximum absolute atomic E-state index is 12.1. The van der Waals surface area contributed by atoms with Gasteiger partial charge < -0.3 is 14.2 Å². The normalized spacial score (nSPS) is 10.4. The Morgan fingerprint density at radius 3 is 2.54 bits per heavy atom. The topological polar surface area (TPSA) is 82.6 Å². The first-order valence-electron chi connectivity index (χ1n) is 8.56. The van der Waals surface area contributed by atoms with Gasteiger partial charge in [0.25, 0.3) is 5.91 Å². The lowest BCUT2D eigenvalue weighted by Crippen LogP contribution is -2.20. The van der Waals surface area contributed by atoms with Gasteiger partial charge in [0.05, 0.1) is 14.2 Å². The van der Waals surface area contributed by atoms with Crippen LogP contribution in [0.1, 0.15) is 11.1 Å². The smallest absolute Gasteiger partial charge is 0.264 e. The number of rotatable bonds is 7. The Hall–Kier alpha value is -3.13. The monoisotopic (exact) mass is 399 g/mol. The Bertz CT molecular complexity index is 987. The van der Waals surface area contributed by atoms with Crippen molar-refractivity contribution < 1.29 is 19.0 Å². The quantitative estimate of drug-likeness (QED) is 0.650. The second-order valence-corrected chi connectivity index (χ2v) is 6.83. The summed E-state index contributed by atoms with van der Waals surface area (Å²) in [5.74, 6) is 2.06. The van der Waals surface area contributed by atoms with Crippen LogP contribution in [0.15, 0.2) is 36.4 Å². The van der Waals surface area contributed by atoms with E-state index in [2.05, 4.69) is 14.7 Å². The summed E-state index contributed by atoms with van der Waals surface area (Å²) < 4.78 is 20.3. The Kier molecular flexibility index (Phi) is 6.10. The van der Waals surface area contributed by atoms with Gasteiger partial charge in [-0.15, -0.1) is 0 Å². The largest absolute Gasteiger partial charge is 0.493 e. The number of amides is 1. The maximum Gasteiger partial charge on any atom is 0.264 e. The maximum atomic E-state index is 12.1. The summed E-state index contributed by atoms with van der Waals surface area (Å²) in [7, 11) is 3.14. The van der Waals surface area contributed by atoms with Crippen molar-refractivity contribution >= 4 is 22.6 Å². The number of hydrogen-bond acceptors (Lipinski definition) is 7. The minimum atomic E-state index is -0.298. The molecule has 28 heavy (non-hydrogen) atoms. The van der Waals surface area contributed by atoms with E-state index in [0.717, 1.165) is 22.7 Å². The summed E-state index contributed by atoms with van der Waals surface area (Å²) >= 11 is 1.10. The molecule has 3 rings (SSSR count). The summed E-state index contributed by atoms with van der Waals surface area (Å²) in [5.41, 5.74) is 3.05. The molecule has 1 aromatic heterocycles. The van der Waals surface area contributed by atoms with Gasteiger partial charge in [0.1, 0.15) is 5.75 Å². The van der Waals surface area contributed by atoms with Crippen molar-refractivity contribution in [2.24, 2.45) is 0 Å². The van der Waals surface area contributed by atoms with Crippen LogP contribution in [0, 0.1) is 13.8 Å². The van der Waals surface area contributed by atoms with Gasteiger partial charge in [-0.05, 0) is 55.3 Å². The zero-order valence-corrected chi connectivity index (χ0v) is 16.9. The first-order chi connectivity index (χ1) is 13.5. The lowest BCUT2D eigenvalue weighted by atomic mass is 10.1. The lowest BCUT2D eigenvalue weighted by molar-refractivity contribution is -0.118. The van der Waals surface area contributed by atoms with E-state index in [4.69, 9.17) is 14.2 Å². The van der Waals surface area contributed by atoms with E-state index < -0.39 is 0 Å². The number of ether oxygens (including phenoxy) is 3. The number of carbonyl (C=O) groups excluding carboxylic acids is 1. The van der Waals surface area contributed by atoms with Crippen LogP contribution in [0.3, 0.4) is 0 Å². The number of carbonyl (C=O) groups is 1. The highest BCUT2D eigenvalue weighted by Gasteiger charge is 2.13. The number of methoxy groups -OCH3 is 2. The van der Waals surface area contributed by atoms with Crippen molar-refractivity contribution in [1.82, 2.24) is 9.36 Å². The molecule has 0 aliphatic carbocycles. The van der Waals surface area contributed by atoms with Gasteiger partial charge in [0, 0.05) is 17.1 Å². The number of hydrogen-bond donors (Lipinski definition) is 1. The van der Waals surface area contributed by atoms with Gasteiger partial charge in [0.15, 0.2) is 23.9 Å². The average molecular weight is 399 g/mol. The van der Waals surface area contributed by atoms with Crippen LogP contribution >= 0.6 is 11.5 Å². The number of benzene rings is 2. The fourth-order valence-corrected chi connectivity index (χ4v) is 3.08. The molecular weight excluding hydrogens is 378 g/mol. The Balaban J connectivity index is 1.62. The molecule has 0 fully saturated rings. The van der Waals surface area contributed by atoms with Gasteiger partial charge in [-0.1, -0.05) is 6.07 Å². The van der Waals surface area contributed by atoms with Crippen LogP contribution < -0.4 is 19.5 Å². The molecule has 1 heterocycles. The minimum absolute atomic E-state index is 0.103. The van der Waals surface area contributed by atoms with Gasteiger partial charge in [-0.3, -0.25) is 10.1 Å². The van der Waals surface area contributed by atoms with Crippen molar-refractivity contribution in [3.63, 3.8) is 0 Å². The number of aryl methyl sites for hydroxylation is 2. The summed E-state index contributed by atoms with van der Waals surface area (Å²) in [6.07, 6.45) is 0. The molecule has 8 heteroatoms. The van der Waals surface area contributed by atoms with Gasteiger partial charge in [-0.25, -0.2) is 0 Å². The van der Waals surface area contributed by atoms with Gasteiger partial charge in [-0.2, -0.15) is 9.36 Å². The molecule has 0 saturated heterocycles. The molecule has 0 bridgehead atoms. The number of aromatic nitrogens is 2. The number of nitrogens with zero attached hydrogens (tertiary/aromatic N) is 2. The second kappa shape index (κ2) is 8.71. The van der Waals surface area contributed by atoms with Crippen LogP contribution in [-0.4, -0.2) is 36.1 Å². The third-order valence-electron chi connectivity index (χ3n) is 4.16.